The minimum Gasteiger partial charge on any atom is -0.336 e. The van der Waals surface area contributed by atoms with E-state index >= 15 is 0 Å². The van der Waals surface area contributed by atoms with Crippen molar-refractivity contribution in [1.29, 1.82) is 0 Å². The number of benzene rings is 2. The lowest BCUT2D eigenvalue weighted by Crippen LogP contribution is -2.47. The normalized spacial score (nSPS) is 19.1. The molecule has 1 unspecified atom stereocenters. The van der Waals surface area contributed by atoms with Crippen LogP contribution in [0.4, 0.5) is 11.4 Å². The zero-order valence-corrected chi connectivity index (χ0v) is 19.6. The number of nitrogens with zero attached hydrogens (tertiary/aromatic N) is 3. The van der Waals surface area contributed by atoms with Crippen LogP contribution < -0.4 is 10.2 Å². The van der Waals surface area contributed by atoms with Crippen LogP contribution in [-0.2, 0) is 16.0 Å². The number of para-hydroxylation sites is 1. The average Bonchev–Trinajstić information content (AvgIpc) is 3.20. The molecule has 33 heavy (non-hydrogen) atoms. The van der Waals surface area contributed by atoms with Crippen molar-refractivity contribution in [2.24, 2.45) is 5.92 Å². The maximum atomic E-state index is 12.9. The van der Waals surface area contributed by atoms with E-state index in [1.807, 2.05) is 30.0 Å². The molecular formula is C26H32N4O3. The lowest BCUT2D eigenvalue weighted by atomic mass is 10.0. The third-order valence-electron chi connectivity index (χ3n) is 6.66. The van der Waals surface area contributed by atoms with Crippen LogP contribution in [0.5, 0.6) is 0 Å². The van der Waals surface area contributed by atoms with E-state index in [0.717, 1.165) is 49.4 Å². The second kappa shape index (κ2) is 9.75. The molecular weight excluding hydrogens is 416 g/mol. The molecule has 2 saturated heterocycles. The highest BCUT2D eigenvalue weighted by Crippen LogP contribution is 2.32. The minimum absolute atomic E-state index is 0.0166. The molecule has 0 saturated carbocycles. The van der Waals surface area contributed by atoms with Crippen LogP contribution in [0.1, 0.15) is 34.8 Å². The number of carbonyl (C=O) groups is 3. The second-order valence-corrected chi connectivity index (χ2v) is 9.00. The zero-order valence-electron chi connectivity index (χ0n) is 19.6. The summed E-state index contributed by atoms with van der Waals surface area (Å²) in [6, 6.07) is 13.1. The molecule has 2 aliphatic rings. The highest BCUT2D eigenvalue weighted by Gasteiger charge is 2.36. The van der Waals surface area contributed by atoms with Crippen LogP contribution in [0.2, 0.25) is 0 Å². The Bertz CT molecular complexity index is 1040. The molecule has 0 bridgehead atoms. The van der Waals surface area contributed by atoms with E-state index in [0.29, 0.717) is 17.8 Å². The van der Waals surface area contributed by atoms with Crippen molar-refractivity contribution in [2.45, 2.75) is 26.7 Å². The van der Waals surface area contributed by atoms with E-state index in [9.17, 15) is 14.4 Å². The molecule has 4 rings (SSSR count). The summed E-state index contributed by atoms with van der Waals surface area (Å²) in [7, 11) is 2.06. The molecule has 1 atom stereocenters. The van der Waals surface area contributed by atoms with Gasteiger partial charge in [0.2, 0.25) is 11.8 Å². The molecule has 0 aliphatic carbocycles. The van der Waals surface area contributed by atoms with Crippen LogP contribution in [0, 0.1) is 12.8 Å². The molecule has 0 radical (unpaired) electrons. The number of nitrogens with one attached hydrogen (secondary N) is 1. The maximum Gasteiger partial charge on any atom is 0.253 e. The fraction of sp³-hybridized carbons (Fsp3) is 0.423. The molecule has 2 aromatic rings. The molecule has 2 aliphatic heterocycles. The summed E-state index contributed by atoms with van der Waals surface area (Å²) >= 11 is 0. The summed E-state index contributed by atoms with van der Waals surface area (Å²) in [6.07, 6.45) is 1.03. The first-order chi connectivity index (χ1) is 15.9. The Kier molecular flexibility index (Phi) is 6.79. The number of hydrogen-bond donors (Lipinski definition) is 1. The Morgan fingerprint density at radius 1 is 1.03 bits per heavy atom. The van der Waals surface area contributed by atoms with Crippen LogP contribution >= 0.6 is 0 Å². The Balaban J connectivity index is 1.39. The molecule has 174 valence electrons. The Hall–Kier alpha value is -3.19. The number of hydrogen-bond acceptors (Lipinski definition) is 4. The van der Waals surface area contributed by atoms with Crippen LogP contribution in [-0.4, -0.2) is 67.3 Å². The molecule has 2 fully saturated rings. The molecule has 7 heteroatoms. The topological polar surface area (TPSA) is 73.0 Å². The third-order valence-corrected chi connectivity index (χ3v) is 6.66. The standard InChI is InChI=1S/C26H32N4O3/c1-4-19-7-5-6-18(2)24(19)30-17-21(16-23(30)31)25(32)27-22-10-8-20(9-11-22)26(33)29-14-12-28(3)13-15-29/h5-11,21H,4,12-17H2,1-3H3,(H,27,32). The Labute approximate surface area is 195 Å². The van der Waals surface area contributed by atoms with Gasteiger partial charge in [0.1, 0.15) is 0 Å². The predicted octanol–water partition coefficient (Wildman–Crippen LogP) is 2.94. The van der Waals surface area contributed by atoms with Crippen molar-refractivity contribution < 1.29 is 14.4 Å². The summed E-state index contributed by atoms with van der Waals surface area (Å²) in [5, 5.41) is 2.92. The number of amides is 3. The van der Waals surface area contributed by atoms with E-state index in [1.54, 1.807) is 29.2 Å². The summed E-state index contributed by atoms with van der Waals surface area (Å²) in [6.45, 7) is 7.64. The Morgan fingerprint density at radius 2 is 1.73 bits per heavy atom. The Morgan fingerprint density at radius 3 is 2.39 bits per heavy atom. The van der Waals surface area contributed by atoms with Gasteiger partial charge in [-0.15, -0.1) is 0 Å². The zero-order chi connectivity index (χ0) is 23.5. The molecule has 2 heterocycles. The van der Waals surface area contributed by atoms with E-state index < -0.39 is 5.92 Å². The van der Waals surface area contributed by atoms with Gasteiger partial charge >= 0.3 is 0 Å². The van der Waals surface area contributed by atoms with E-state index in [4.69, 9.17) is 0 Å². The van der Waals surface area contributed by atoms with Crippen molar-refractivity contribution >= 4 is 29.1 Å². The molecule has 0 spiro atoms. The first-order valence-corrected chi connectivity index (χ1v) is 11.6. The monoisotopic (exact) mass is 448 g/mol. The van der Waals surface area contributed by atoms with Gasteiger partial charge in [0.05, 0.1) is 5.92 Å². The number of likely N-dealkylation sites (N-methyl/N-ethyl adjacent to an activating group) is 1. The first kappa shape index (κ1) is 23.0. The fourth-order valence-corrected chi connectivity index (χ4v) is 4.62. The summed E-state index contributed by atoms with van der Waals surface area (Å²) in [5.74, 6) is -0.584. The van der Waals surface area contributed by atoms with Gasteiger partial charge < -0.3 is 20.0 Å². The van der Waals surface area contributed by atoms with Gasteiger partial charge in [0, 0.05) is 56.1 Å². The number of anilines is 2. The largest absolute Gasteiger partial charge is 0.336 e. The van der Waals surface area contributed by atoms with Gasteiger partial charge in [-0.05, 0) is 55.8 Å². The quantitative estimate of drug-likeness (QED) is 0.763. The van der Waals surface area contributed by atoms with Crippen molar-refractivity contribution in [1.82, 2.24) is 9.80 Å². The minimum atomic E-state index is -0.409. The fourth-order valence-electron chi connectivity index (χ4n) is 4.62. The SMILES string of the molecule is CCc1cccc(C)c1N1CC(C(=O)Nc2ccc(C(=O)N3CCN(C)CC3)cc2)CC1=O. The lowest BCUT2D eigenvalue weighted by Gasteiger charge is -2.32. The molecule has 2 aromatic carbocycles. The van der Waals surface area contributed by atoms with Crippen LogP contribution in [0.25, 0.3) is 0 Å². The number of piperazine rings is 1. The summed E-state index contributed by atoms with van der Waals surface area (Å²) in [4.78, 5) is 44.2. The van der Waals surface area contributed by atoms with Gasteiger partial charge in [-0.3, -0.25) is 14.4 Å². The van der Waals surface area contributed by atoms with Crippen LogP contribution in [0.15, 0.2) is 42.5 Å². The lowest BCUT2D eigenvalue weighted by molar-refractivity contribution is -0.122. The van der Waals surface area contributed by atoms with Gasteiger partial charge in [-0.2, -0.15) is 0 Å². The third kappa shape index (κ3) is 4.93. The summed E-state index contributed by atoms with van der Waals surface area (Å²) < 4.78 is 0. The maximum absolute atomic E-state index is 12.9. The first-order valence-electron chi connectivity index (χ1n) is 11.6. The van der Waals surface area contributed by atoms with Crippen molar-refractivity contribution in [3.63, 3.8) is 0 Å². The van der Waals surface area contributed by atoms with E-state index in [-0.39, 0.29) is 24.1 Å². The molecule has 7 nitrogen and oxygen atoms in total. The smallest absolute Gasteiger partial charge is 0.253 e. The van der Waals surface area contributed by atoms with Gasteiger partial charge in [-0.25, -0.2) is 0 Å². The van der Waals surface area contributed by atoms with Crippen molar-refractivity contribution in [3.8, 4) is 0 Å². The van der Waals surface area contributed by atoms with E-state index in [1.165, 1.54) is 0 Å². The molecule has 0 aromatic heterocycles. The molecule has 1 N–H and O–H groups in total. The number of rotatable bonds is 5. The number of carbonyl (C=O) groups excluding carboxylic acids is 3. The van der Waals surface area contributed by atoms with Gasteiger partial charge in [0.15, 0.2) is 0 Å². The number of aryl methyl sites for hydroxylation is 2. The molecule has 3 amide bonds. The van der Waals surface area contributed by atoms with Crippen molar-refractivity contribution in [3.05, 3.63) is 59.2 Å². The van der Waals surface area contributed by atoms with Gasteiger partial charge in [-0.1, -0.05) is 25.1 Å². The van der Waals surface area contributed by atoms with Crippen LogP contribution in [0.3, 0.4) is 0 Å². The van der Waals surface area contributed by atoms with Crippen molar-refractivity contribution in [2.75, 3.05) is 50.0 Å². The summed E-state index contributed by atoms with van der Waals surface area (Å²) in [5.41, 5.74) is 4.35. The predicted molar refractivity (Wildman–Crippen MR) is 129 cm³/mol. The van der Waals surface area contributed by atoms with E-state index in [2.05, 4.69) is 24.2 Å². The van der Waals surface area contributed by atoms with Gasteiger partial charge in [0.25, 0.3) is 5.91 Å². The highest BCUT2D eigenvalue weighted by molar-refractivity contribution is 6.04. The highest BCUT2D eigenvalue weighted by atomic mass is 16.2. The average molecular weight is 449 g/mol. The second-order valence-electron chi connectivity index (χ2n) is 9.00.